The maximum Gasteiger partial charge on any atom is 0.0718 e. The lowest BCUT2D eigenvalue weighted by atomic mass is 10.1. The Labute approximate surface area is 96.8 Å². The van der Waals surface area contributed by atoms with Crippen molar-refractivity contribution in [2.45, 2.75) is 57.6 Å². The van der Waals surface area contributed by atoms with Gasteiger partial charge < -0.3 is 10.8 Å². The van der Waals surface area contributed by atoms with E-state index in [1.54, 1.807) is 0 Å². The van der Waals surface area contributed by atoms with Crippen LogP contribution in [0.2, 0.25) is 6.04 Å². The fraction of sp³-hybridized carbons (Fsp3) is 0.833. The van der Waals surface area contributed by atoms with Crippen molar-refractivity contribution in [3.05, 3.63) is 12.2 Å². The minimum atomic E-state index is -0.236. The number of aliphatic hydroxyl groups is 1. The third-order valence-electron chi connectivity index (χ3n) is 2.60. The topological polar surface area (TPSA) is 46.2 Å². The van der Waals surface area contributed by atoms with Gasteiger partial charge in [0.05, 0.1) is 6.10 Å². The highest BCUT2D eigenvalue weighted by molar-refractivity contribution is 6.35. The van der Waals surface area contributed by atoms with Crippen LogP contribution in [0.4, 0.5) is 0 Å². The van der Waals surface area contributed by atoms with Gasteiger partial charge in [-0.3, -0.25) is 0 Å². The van der Waals surface area contributed by atoms with Gasteiger partial charge in [-0.2, -0.15) is 0 Å². The molecule has 0 radical (unpaired) electrons. The molecule has 0 bridgehead atoms. The van der Waals surface area contributed by atoms with E-state index in [4.69, 9.17) is 5.73 Å². The predicted octanol–water partition coefficient (Wildman–Crippen LogP) is 1.77. The standard InChI is InChI=1S/C12H27NOSi/c1-2-12(14)9-7-5-3-4-6-8-10-15-11-13/h7,9,12,14H,2-6,8,10-11,13,15H2,1H3. The zero-order valence-electron chi connectivity index (χ0n) is 10.1. The Balaban J connectivity index is 3.07. The van der Waals surface area contributed by atoms with Gasteiger partial charge in [-0.05, 0) is 25.4 Å². The van der Waals surface area contributed by atoms with Crippen LogP contribution in [0.3, 0.4) is 0 Å². The summed E-state index contributed by atoms with van der Waals surface area (Å²) in [7, 11) is 0.0946. The van der Waals surface area contributed by atoms with Crippen LogP contribution in [-0.2, 0) is 0 Å². The van der Waals surface area contributed by atoms with Crippen molar-refractivity contribution in [2.24, 2.45) is 5.73 Å². The number of nitrogens with two attached hydrogens (primary N) is 1. The van der Waals surface area contributed by atoms with E-state index in [2.05, 4.69) is 6.08 Å². The van der Waals surface area contributed by atoms with E-state index in [0.717, 1.165) is 19.0 Å². The number of hydrogen-bond donors (Lipinski definition) is 2. The summed E-state index contributed by atoms with van der Waals surface area (Å²) < 4.78 is 0. The molecule has 0 fully saturated rings. The summed E-state index contributed by atoms with van der Waals surface area (Å²) in [6.45, 7) is 2.00. The van der Waals surface area contributed by atoms with Crippen LogP contribution < -0.4 is 5.73 Å². The van der Waals surface area contributed by atoms with Gasteiger partial charge in [-0.25, -0.2) is 0 Å². The Kier molecular flexibility index (Phi) is 11.9. The molecule has 0 aliphatic heterocycles. The van der Waals surface area contributed by atoms with E-state index in [1.807, 2.05) is 13.0 Å². The van der Waals surface area contributed by atoms with Crippen LogP contribution in [0.1, 0.15) is 45.4 Å². The number of allylic oxidation sites excluding steroid dienone is 1. The lowest BCUT2D eigenvalue weighted by Gasteiger charge is -2.00. The molecule has 0 aromatic rings. The van der Waals surface area contributed by atoms with Crippen molar-refractivity contribution in [3.63, 3.8) is 0 Å². The molecule has 0 saturated heterocycles. The Hall–Kier alpha value is -0.123. The average Bonchev–Trinajstić information content (AvgIpc) is 2.26. The molecule has 1 atom stereocenters. The second kappa shape index (κ2) is 11.9. The van der Waals surface area contributed by atoms with Gasteiger partial charge in [-0.1, -0.05) is 44.4 Å². The minimum absolute atomic E-state index is 0.0946. The second-order valence-corrected chi connectivity index (χ2v) is 6.09. The first-order chi connectivity index (χ1) is 7.31. The molecule has 1 unspecified atom stereocenters. The van der Waals surface area contributed by atoms with E-state index in [1.165, 1.54) is 31.7 Å². The molecule has 3 N–H and O–H groups in total. The molecular formula is C12H27NOSi. The summed E-state index contributed by atoms with van der Waals surface area (Å²) >= 11 is 0. The van der Waals surface area contributed by atoms with Crippen molar-refractivity contribution in [1.29, 1.82) is 0 Å². The molecular weight excluding hydrogens is 202 g/mol. The number of unbranched alkanes of at least 4 members (excludes halogenated alkanes) is 4. The normalized spacial score (nSPS) is 14.3. The van der Waals surface area contributed by atoms with Gasteiger partial charge in [0.2, 0.25) is 0 Å². The molecule has 15 heavy (non-hydrogen) atoms. The molecule has 0 aromatic carbocycles. The van der Waals surface area contributed by atoms with Crippen molar-refractivity contribution in [2.75, 3.05) is 6.17 Å². The van der Waals surface area contributed by atoms with E-state index >= 15 is 0 Å². The van der Waals surface area contributed by atoms with E-state index in [0.29, 0.717) is 0 Å². The fourth-order valence-corrected chi connectivity index (χ4v) is 2.50. The van der Waals surface area contributed by atoms with Gasteiger partial charge >= 0.3 is 0 Å². The molecule has 0 aliphatic rings. The van der Waals surface area contributed by atoms with Crippen LogP contribution in [0.25, 0.3) is 0 Å². The molecule has 3 heteroatoms. The lowest BCUT2D eigenvalue weighted by molar-refractivity contribution is 0.219. The second-order valence-electron chi connectivity index (χ2n) is 4.10. The minimum Gasteiger partial charge on any atom is -0.389 e. The Morgan fingerprint density at radius 1 is 1.27 bits per heavy atom. The van der Waals surface area contributed by atoms with Crippen LogP contribution in [0.15, 0.2) is 12.2 Å². The molecule has 0 saturated carbocycles. The molecule has 0 amide bonds. The van der Waals surface area contributed by atoms with Gasteiger partial charge in [-0.15, -0.1) is 0 Å². The third kappa shape index (κ3) is 11.8. The summed E-state index contributed by atoms with van der Waals surface area (Å²) in [5.41, 5.74) is 5.48. The SMILES string of the molecule is CCC(O)C=CCCCCCC[SiH2]CN. The Bertz CT molecular complexity index is 151. The number of aliphatic hydroxyl groups excluding tert-OH is 1. The van der Waals surface area contributed by atoms with Gasteiger partial charge in [0.25, 0.3) is 0 Å². The molecule has 0 heterocycles. The number of rotatable bonds is 10. The van der Waals surface area contributed by atoms with Crippen molar-refractivity contribution in [3.8, 4) is 0 Å². The molecule has 0 aromatic heterocycles. The third-order valence-corrected chi connectivity index (χ3v) is 4.01. The molecule has 0 rings (SSSR count). The highest BCUT2D eigenvalue weighted by Gasteiger charge is 1.92. The molecule has 0 spiro atoms. The molecule has 2 nitrogen and oxygen atoms in total. The summed E-state index contributed by atoms with van der Waals surface area (Å²) in [4.78, 5) is 0. The van der Waals surface area contributed by atoms with Crippen molar-refractivity contribution < 1.29 is 5.11 Å². The Morgan fingerprint density at radius 2 is 2.00 bits per heavy atom. The predicted molar refractivity (Wildman–Crippen MR) is 70.9 cm³/mol. The zero-order valence-corrected chi connectivity index (χ0v) is 11.5. The van der Waals surface area contributed by atoms with Gasteiger partial charge in [0.15, 0.2) is 0 Å². The number of hydrogen-bond acceptors (Lipinski definition) is 2. The molecule has 90 valence electrons. The maximum absolute atomic E-state index is 9.26. The smallest absolute Gasteiger partial charge is 0.0718 e. The summed E-state index contributed by atoms with van der Waals surface area (Å²) in [5, 5.41) is 9.26. The highest BCUT2D eigenvalue weighted by Crippen LogP contribution is 2.06. The van der Waals surface area contributed by atoms with Crippen LogP contribution in [0, 0.1) is 0 Å². The van der Waals surface area contributed by atoms with Crippen molar-refractivity contribution >= 4 is 9.52 Å². The van der Waals surface area contributed by atoms with Crippen LogP contribution >= 0.6 is 0 Å². The first kappa shape index (κ1) is 14.9. The van der Waals surface area contributed by atoms with Gasteiger partial charge in [0, 0.05) is 9.52 Å². The highest BCUT2D eigenvalue weighted by atomic mass is 28.2. The van der Waals surface area contributed by atoms with Crippen LogP contribution in [-0.4, -0.2) is 26.9 Å². The summed E-state index contributed by atoms with van der Waals surface area (Å²) in [6, 6.07) is 1.42. The van der Waals surface area contributed by atoms with Crippen molar-refractivity contribution in [1.82, 2.24) is 0 Å². The summed E-state index contributed by atoms with van der Waals surface area (Å²) in [6.07, 6.45) is 12.0. The summed E-state index contributed by atoms with van der Waals surface area (Å²) in [5.74, 6) is 0. The first-order valence-electron chi connectivity index (χ1n) is 6.36. The van der Waals surface area contributed by atoms with E-state index < -0.39 is 0 Å². The lowest BCUT2D eigenvalue weighted by Crippen LogP contribution is -2.07. The van der Waals surface area contributed by atoms with E-state index in [9.17, 15) is 5.11 Å². The maximum atomic E-state index is 9.26. The Morgan fingerprint density at radius 3 is 2.67 bits per heavy atom. The monoisotopic (exact) mass is 229 g/mol. The fourth-order valence-electron chi connectivity index (χ4n) is 1.50. The largest absolute Gasteiger partial charge is 0.389 e. The van der Waals surface area contributed by atoms with Crippen LogP contribution in [0.5, 0.6) is 0 Å². The van der Waals surface area contributed by atoms with E-state index in [-0.39, 0.29) is 15.6 Å². The quantitative estimate of drug-likeness (QED) is 0.341. The molecule has 0 aliphatic carbocycles. The first-order valence-corrected chi connectivity index (χ1v) is 8.36. The average molecular weight is 229 g/mol. The zero-order chi connectivity index (χ0) is 11.4. The van der Waals surface area contributed by atoms with Gasteiger partial charge in [0.1, 0.15) is 0 Å².